The van der Waals surface area contributed by atoms with Crippen LogP contribution in [0.5, 0.6) is 0 Å². The smallest absolute Gasteiger partial charge is 0.137 e. The first-order chi connectivity index (χ1) is 10.1. The maximum Gasteiger partial charge on any atom is 0.137 e. The zero-order valence-corrected chi connectivity index (χ0v) is 14.2. The van der Waals surface area contributed by atoms with Gasteiger partial charge >= 0.3 is 0 Å². The molecule has 0 spiro atoms. The van der Waals surface area contributed by atoms with Crippen LogP contribution < -0.4 is 10.2 Å². The van der Waals surface area contributed by atoms with E-state index in [4.69, 9.17) is 9.97 Å². The number of rotatable bonds is 6. The van der Waals surface area contributed by atoms with Gasteiger partial charge < -0.3 is 10.2 Å². The van der Waals surface area contributed by atoms with Crippen LogP contribution in [-0.4, -0.2) is 29.6 Å². The summed E-state index contributed by atoms with van der Waals surface area (Å²) in [5.74, 6) is 4.62. The van der Waals surface area contributed by atoms with E-state index in [2.05, 4.69) is 44.8 Å². The largest absolute Gasteiger partial charge is 0.370 e. The summed E-state index contributed by atoms with van der Waals surface area (Å²) in [6, 6.07) is 0. The van der Waals surface area contributed by atoms with Crippen LogP contribution in [0.25, 0.3) is 0 Å². The Bertz CT molecular complexity index is 462. The molecule has 1 aliphatic heterocycles. The summed E-state index contributed by atoms with van der Waals surface area (Å²) in [7, 11) is 0. The number of anilines is 2. The van der Waals surface area contributed by atoms with Gasteiger partial charge in [-0.25, -0.2) is 9.97 Å². The van der Waals surface area contributed by atoms with Crippen LogP contribution >= 0.6 is 0 Å². The second-order valence-corrected chi connectivity index (χ2v) is 6.47. The van der Waals surface area contributed by atoms with E-state index in [-0.39, 0.29) is 0 Å². The first-order valence-electron chi connectivity index (χ1n) is 8.43. The molecule has 21 heavy (non-hydrogen) atoms. The lowest BCUT2D eigenvalue weighted by Crippen LogP contribution is -2.23. The Morgan fingerprint density at radius 1 is 1.10 bits per heavy atom. The van der Waals surface area contributed by atoms with E-state index in [1.165, 1.54) is 5.56 Å². The topological polar surface area (TPSA) is 41.1 Å². The quantitative estimate of drug-likeness (QED) is 0.868. The fourth-order valence-corrected chi connectivity index (χ4v) is 2.91. The van der Waals surface area contributed by atoms with Crippen LogP contribution in [0.1, 0.15) is 51.9 Å². The number of aromatic nitrogens is 2. The lowest BCUT2D eigenvalue weighted by Gasteiger charge is -2.22. The van der Waals surface area contributed by atoms with Gasteiger partial charge in [0.1, 0.15) is 17.5 Å². The van der Waals surface area contributed by atoms with Gasteiger partial charge in [0, 0.05) is 31.6 Å². The van der Waals surface area contributed by atoms with Crippen molar-refractivity contribution in [1.29, 1.82) is 0 Å². The molecule has 4 heteroatoms. The van der Waals surface area contributed by atoms with Crippen molar-refractivity contribution in [1.82, 2.24) is 9.97 Å². The van der Waals surface area contributed by atoms with Crippen molar-refractivity contribution in [3.05, 3.63) is 11.4 Å². The lowest BCUT2D eigenvalue weighted by atomic mass is 10.0. The Balaban J connectivity index is 2.31. The Kier molecular flexibility index (Phi) is 5.43. The molecule has 0 amide bonds. The summed E-state index contributed by atoms with van der Waals surface area (Å²) in [5, 5.41) is 3.47. The predicted octanol–water partition coefficient (Wildman–Crippen LogP) is 3.65. The number of aryl methyl sites for hydroxylation is 1. The Morgan fingerprint density at radius 2 is 1.76 bits per heavy atom. The molecule has 0 saturated carbocycles. The minimum absolute atomic E-state index is 0.737. The molecule has 2 rings (SSSR count). The predicted molar refractivity (Wildman–Crippen MR) is 90.1 cm³/mol. The van der Waals surface area contributed by atoms with Crippen LogP contribution in [-0.2, 0) is 6.42 Å². The molecule has 1 aliphatic rings. The number of hydrogen-bond acceptors (Lipinski definition) is 4. The van der Waals surface area contributed by atoms with Gasteiger partial charge in [-0.15, -0.1) is 0 Å². The molecule has 2 heterocycles. The van der Waals surface area contributed by atoms with Gasteiger partial charge in [-0.3, -0.25) is 0 Å². The molecular weight excluding hydrogens is 260 g/mol. The molecule has 0 aliphatic carbocycles. The highest BCUT2D eigenvalue weighted by Gasteiger charge is 2.28. The first kappa shape index (κ1) is 16.1. The van der Waals surface area contributed by atoms with Gasteiger partial charge in [0.05, 0.1) is 0 Å². The second-order valence-electron chi connectivity index (χ2n) is 6.47. The van der Waals surface area contributed by atoms with Crippen LogP contribution in [0.3, 0.4) is 0 Å². The third-order valence-electron chi connectivity index (χ3n) is 4.47. The Hall–Kier alpha value is -1.32. The summed E-state index contributed by atoms with van der Waals surface area (Å²) < 4.78 is 0. The van der Waals surface area contributed by atoms with Crippen LogP contribution in [0, 0.1) is 18.8 Å². The standard InChI is InChI=1S/C17H30N4/c1-6-8-15-19-16(18-9-7-2)14(5)17(20-15)21-10-12(3)13(4)11-21/h12-13H,6-11H2,1-5H3,(H,18,19,20). The highest BCUT2D eigenvalue weighted by Crippen LogP contribution is 2.31. The highest BCUT2D eigenvalue weighted by atomic mass is 15.2. The molecule has 118 valence electrons. The molecule has 0 radical (unpaired) electrons. The zero-order chi connectivity index (χ0) is 15.4. The molecule has 1 fully saturated rings. The van der Waals surface area contributed by atoms with Crippen LogP contribution in [0.2, 0.25) is 0 Å². The lowest BCUT2D eigenvalue weighted by molar-refractivity contribution is 0.494. The number of nitrogens with zero attached hydrogens (tertiary/aromatic N) is 3. The van der Waals surface area contributed by atoms with Gasteiger partial charge in [-0.05, 0) is 31.6 Å². The normalized spacial score (nSPS) is 21.9. The average Bonchev–Trinajstić information content (AvgIpc) is 2.79. The van der Waals surface area contributed by atoms with Gasteiger partial charge in [-0.2, -0.15) is 0 Å². The van der Waals surface area contributed by atoms with Crippen molar-refractivity contribution in [3.8, 4) is 0 Å². The SMILES string of the molecule is CCCNc1nc(CCC)nc(N2CC(C)C(C)C2)c1C. The maximum atomic E-state index is 4.86. The van der Waals surface area contributed by atoms with Crippen molar-refractivity contribution in [2.45, 2.75) is 53.9 Å². The van der Waals surface area contributed by atoms with E-state index in [0.29, 0.717) is 0 Å². The summed E-state index contributed by atoms with van der Waals surface area (Å²) in [5.41, 5.74) is 1.20. The first-order valence-corrected chi connectivity index (χ1v) is 8.43. The minimum Gasteiger partial charge on any atom is -0.370 e. The van der Waals surface area contributed by atoms with E-state index in [1.807, 2.05) is 0 Å². The minimum atomic E-state index is 0.737. The molecule has 2 atom stereocenters. The third kappa shape index (κ3) is 3.66. The van der Waals surface area contributed by atoms with Crippen LogP contribution in [0.4, 0.5) is 11.6 Å². The second kappa shape index (κ2) is 7.10. The fourth-order valence-electron chi connectivity index (χ4n) is 2.91. The monoisotopic (exact) mass is 290 g/mol. The molecule has 0 bridgehead atoms. The van der Waals surface area contributed by atoms with Gasteiger partial charge in [0.2, 0.25) is 0 Å². The molecule has 0 aromatic carbocycles. The van der Waals surface area contributed by atoms with E-state index in [9.17, 15) is 0 Å². The van der Waals surface area contributed by atoms with Gasteiger partial charge in [0.25, 0.3) is 0 Å². The maximum absolute atomic E-state index is 4.86. The summed E-state index contributed by atoms with van der Waals surface area (Å²) >= 11 is 0. The third-order valence-corrected chi connectivity index (χ3v) is 4.47. The van der Waals surface area contributed by atoms with Gasteiger partial charge in [-0.1, -0.05) is 27.7 Å². The molecule has 1 saturated heterocycles. The highest BCUT2D eigenvalue weighted by molar-refractivity contribution is 5.59. The molecule has 2 unspecified atom stereocenters. The molecule has 1 N–H and O–H groups in total. The van der Waals surface area contributed by atoms with Gasteiger partial charge in [0.15, 0.2) is 0 Å². The number of hydrogen-bond donors (Lipinski definition) is 1. The zero-order valence-electron chi connectivity index (χ0n) is 14.2. The Labute approximate surface area is 129 Å². The number of nitrogens with one attached hydrogen (secondary N) is 1. The summed E-state index contributed by atoms with van der Waals surface area (Å²) in [6.07, 6.45) is 3.15. The molecule has 1 aromatic rings. The molecular formula is C17H30N4. The van der Waals surface area contributed by atoms with E-state index >= 15 is 0 Å². The van der Waals surface area contributed by atoms with Crippen molar-refractivity contribution in [3.63, 3.8) is 0 Å². The van der Waals surface area contributed by atoms with Crippen molar-refractivity contribution in [2.75, 3.05) is 29.9 Å². The summed E-state index contributed by atoms with van der Waals surface area (Å²) in [4.78, 5) is 12.0. The van der Waals surface area contributed by atoms with Crippen LogP contribution in [0.15, 0.2) is 0 Å². The molecule has 4 nitrogen and oxygen atoms in total. The van der Waals surface area contributed by atoms with Crippen molar-refractivity contribution in [2.24, 2.45) is 11.8 Å². The molecule has 1 aromatic heterocycles. The fraction of sp³-hybridized carbons (Fsp3) is 0.765. The Morgan fingerprint density at radius 3 is 2.33 bits per heavy atom. The van der Waals surface area contributed by atoms with E-state index in [1.54, 1.807) is 0 Å². The van der Waals surface area contributed by atoms with E-state index in [0.717, 1.165) is 68.2 Å². The average molecular weight is 290 g/mol. The van der Waals surface area contributed by atoms with Crippen molar-refractivity contribution < 1.29 is 0 Å². The summed E-state index contributed by atoms with van der Waals surface area (Å²) in [6.45, 7) is 14.4. The van der Waals surface area contributed by atoms with Crippen molar-refractivity contribution >= 4 is 11.6 Å². The van der Waals surface area contributed by atoms with E-state index < -0.39 is 0 Å².